The highest BCUT2D eigenvalue weighted by Crippen LogP contribution is 2.59. The first-order chi connectivity index (χ1) is 9.46. The molecule has 0 amide bonds. The van der Waals surface area contributed by atoms with E-state index < -0.39 is 17.7 Å². The Morgan fingerprint density at radius 2 is 1.90 bits per heavy atom. The topological polar surface area (TPSA) is 54.0 Å². The van der Waals surface area contributed by atoms with Crippen LogP contribution in [0.25, 0.3) is 0 Å². The van der Waals surface area contributed by atoms with Crippen LogP contribution < -0.4 is 0 Å². The molecule has 112 valence electrons. The normalized spacial score (nSPS) is 57.8. The summed E-state index contributed by atoms with van der Waals surface area (Å²) in [6.07, 6.45) is 3.24. The molecule has 2 bridgehead atoms. The van der Waals surface area contributed by atoms with E-state index in [2.05, 4.69) is 6.92 Å². The molecule has 1 saturated carbocycles. The van der Waals surface area contributed by atoms with Crippen LogP contribution >= 0.6 is 0 Å². The molecule has 0 N–H and O–H groups in total. The lowest BCUT2D eigenvalue weighted by molar-refractivity contribution is -0.559. The summed E-state index contributed by atoms with van der Waals surface area (Å²) in [6, 6.07) is 0. The third-order valence-electron chi connectivity index (χ3n) is 5.97. The molecular formula is C15H22O5. The number of hydrogen-bond acceptors (Lipinski definition) is 5. The van der Waals surface area contributed by atoms with E-state index in [-0.39, 0.29) is 17.8 Å². The van der Waals surface area contributed by atoms with Crippen LogP contribution in [0, 0.1) is 23.7 Å². The van der Waals surface area contributed by atoms with Crippen LogP contribution in [0.3, 0.4) is 0 Å². The summed E-state index contributed by atoms with van der Waals surface area (Å²) in [4.78, 5) is 23.7. The molecule has 0 aromatic heterocycles. The van der Waals surface area contributed by atoms with Gasteiger partial charge in [0.05, 0.1) is 5.92 Å². The zero-order valence-electron chi connectivity index (χ0n) is 12.3. The minimum absolute atomic E-state index is 0.123. The van der Waals surface area contributed by atoms with E-state index in [1.807, 2.05) is 13.8 Å². The Kier molecular flexibility index (Phi) is 2.58. The molecule has 1 spiro atoms. The lowest BCUT2D eigenvalue weighted by atomic mass is 9.58. The van der Waals surface area contributed by atoms with Gasteiger partial charge in [0, 0.05) is 18.3 Å². The van der Waals surface area contributed by atoms with Crippen LogP contribution in [0.5, 0.6) is 0 Å². The van der Waals surface area contributed by atoms with E-state index >= 15 is 0 Å². The summed E-state index contributed by atoms with van der Waals surface area (Å²) in [5.74, 6) is -0.137. The minimum Gasteiger partial charge on any atom is -0.432 e. The largest absolute Gasteiger partial charge is 0.432 e. The highest BCUT2D eigenvalue weighted by Gasteiger charge is 2.69. The summed E-state index contributed by atoms with van der Waals surface area (Å²) in [6.45, 7) is 6.06. The highest BCUT2D eigenvalue weighted by molar-refractivity contribution is 5.74. The summed E-state index contributed by atoms with van der Waals surface area (Å²) >= 11 is 0. The van der Waals surface area contributed by atoms with Crippen LogP contribution in [0.4, 0.5) is 0 Å². The first-order valence-corrected chi connectivity index (χ1v) is 7.71. The summed E-state index contributed by atoms with van der Waals surface area (Å²) in [5, 5.41) is 0. The van der Waals surface area contributed by atoms with Crippen molar-refractivity contribution in [3.8, 4) is 0 Å². The van der Waals surface area contributed by atoms with Gasteiger partial charge in [-0.1, -0.05) is 13.8 Å². The van der Waals surface area contributed by atoms with Crippen molar-refractivity contribution in [2.75, 3.05) is 0 Å². The molecule has 20 heavy (non-hydrogen) atoms. The van der Waals surface area contributed by atoms with Crippen molar-refractivity contribution in [2.45, 2.75) is 64.1 Å². The van der Waals surface area contributed by atoms with Gasteiger partial charge in [-0.05, 0) is 32.1 Å². The number of fused-ring (bicyclic) bond motifs is 2. The summed E-state index contributed by atoms with van der Waals surface area (Å²) in [7, 11) is 0. The predicted octanol–water partition coefficient (Wildman–Crippen LogP) is 2.39. The SMILES string of the molecule is CC1CC[C@H]2[C@@H](C)C(=O)OC3O[C@@]4(C)CC[C@@H]1[C@]32OO4. The molecule has 5 fully saturated rings. The van der Waals surface area contributed by atoms with Crippen molar-refractivity contribution in [2.24, 2.45) is 23.7 Å². The van der Waals surface area contributed by atoms with Crippen LogP contribution in [0.1, 0.15) is 46.5 Å². The molecule has 5 heteroatoms. The van der Waals surface area contributed by atoms with Gasteiger partial charge >= 0.3 is 5.97 Å². The molecule has 1 aliphatic carbocycles. The van der Waals surface area contributed by atoms with E-state index in [4.69, 9.17) is 19.2 Å². The standard InChI is InChI=1S/C15H22O5/c1-8-4-5-11-9(2)12(16)17-13-15(11)10(8)6-7-14(3,18-13)19-20-15/h8-11,13H,4-7H2,1-3H3/t8?,9-,10+,11+,13?,14-,15-/m1/s1. The second-order valence-electron chi connectivity index (χ2n) is 7.14. The second-order valence-corrected chi connectivity index (χ2v) is 7.14. The Hall–Kier alpha value is -0.650. The first kappa shape index (κ1) is 13.0. The molecule has 2 unspecified atom stereocenters. The maximum absolute atomic E-state index is 12.1. The molecular weight excluding hydrogens is 260 g/mol. The van der Waals surface area contributed by atoms with Crippen LogP contribution in [-0.4, -0.2) is 23.6 Å². The van der Waals surface area contributed by atoms with Crippen molar-refractivity contribution < 1.29 is 24.0 Å². The van der Waals surface area contributed by atoms with E-state index in [1.54, 1.807) is 0 Å². The van der Waals surface area contributed by atoms with Gasteiger partial charge in [-0.15, -0.1) is 0 Å². The second kappa shape index (κ2) is 3.96. The number of hydrogen-bond donors (Lipinski definition) is 0. The number of rotatable bonds is 0. The van der Waals surface area contributed by atoms with Crippen LogP contribution in [0.2, 0.25) is 0 Å². The Morgan fingerprint density at radius 1 is 1.10 bits per heavy atom. The quantitative estimate of drug-likeness (QED) is 0.504. The molecule has 0 aromatic rings. The Balaban J connectivity index is 1.84. The van der Waals surface area contributed by atoms with Crippen molar-refractivity contribution >= 4 is 5.97 Å². The van der Waals surface area contributed by atoms with Crippen LogP contribution in [0.15, 0.2) is 0 Å². The van der Waals surface area contributed by atoms with Crippen molar-refractivity contribution in [1.82, 2.24) is 0 Å². The van der Waals surface area contributed by atoms with Gasteiger partial charge in [0.2, 0.25) is 12.1 Å². The van der Waals surface area contributed by atoms with Gasteiger partial charge in [-0.25, -0.2) is 9.78 Å². The van der Waals surface area contributed by atoms with Crippen LogP contribution in [-0.2, 0) is 24.0 Å². The summed E-state index contributed by atoms with van der Waals surface area (Å²) in [5.41, 5.74) is -0.610. The van der Waals surface area contributed by atoms with Crippen molar-refractivity contribution in [3.05, 3.63) is 0 Å². The molecule has 4 aliphatic heterocycles. The van der Waals surface area contributed by atoms with E-state index in [0.717, 1.165) is 25.7 Å². The van der Waals surface area contributed by atoms with E-state index in [0.29, 0.717) is 11.8 Å². The monoisotopic (exact) mass is 282 g/mol. The molecule has 4 saturated heterocycles. The fourth-order valence-corrected chi connectivity index (χ4v) is 4.76. The highest BCUT2D eigenvalue weighted by atomic mass is 17.3. The van der Waals surface area contributed by atoms with Gasteiger partial charge in [0.1, 0.15) is 0 Å². The Morgan fingerprint density at radius 3 is 2.70 bits per heavy atom. The predicted molar refractivity (Wildman–Crippen MR) is 68.0 cm³/mol. The average Bonchev–Trinajstić information content (AvgIpc) is 2.63. The maximum Gasteiger partial charge on any atom is 0.311 e. The number of esters is 1. The van der Waals surface area contributed by atoms with Gasteiger partial charge in [-0.2, -0.15) is 0 Å². The number of carbonyl (C=O) groups excluding carboxylic acids is 1. The average molecular weight is 282 g/mol. The summed E-state index contributed by atoms with van der Waals surface area (Å²) < 4.78 is 11.6. The van der Waals surface area contributed by atoms with E-state index in [1.165, 1.54) is 0 Å². The van der Waals surface area contributed by atoms with Gasteiger partial charge in [-0.3, -0.25) is 4.79 Å². The lowest BCUT2D eigenvalue weighted by Gasteiger charge is -2.57. The maximum atomic E-state index is 12.1. The molecule has 5 aliphatic rings. The Labute approximate surface area is 118 Å². The molecule has 0 aromatic carbocycles. The Bertz CT molecular complexity index is 452. The number of carbonyl (C=O) groups is 1. The molecule has 0 radical (unpaired) electrons. The smallest absolute Gasteiger partial charge is 0.311 e. The molecule has 7 atom stereocenters. The fraction of sp³-hybridized carbons (Fsp3) is 0.933. The van der Waals surface area contributed by atoms with Gasteiger partial charge in [0.25, 0.3) is 0 Å². The minimum atomic E-state index is -0.793. The molecule has 4 heterocycles. The third-order valence-corrected chi connectivity index (χ3v) is 5.97. The number of ether oxygens (including phenoxy) is 2. The molecule has 5 nitrogen and oxygen atoms in total. The third kappa shape index (κ3) is 1.46. The van der Waals surface area contributed by atoms with Crippen molar-refractivity contribution in [3.63, 3.8) is 0 Å². The fourth-order valence-electron chi connectivity index (χ4n) is 4.76. The van der Waals surface area contributed by atoms with Crippen molar-refractivity contribution in [1.29, 1.82) is 0 Å². The zero-order valence-corrected chi connectivity index (χ0v) is 12.3. The van der Waals surface area contributed by atoms with Gasteiger partial charge < -0.3 is 9.47 Å². The molecule has 5 rings (SSSR count). The van der Waals surface area contributed by atoms with E-state index in [9.17, 15) is 4.79 Å². The first-order valence-electron chi connectivity index (χ1n) is 7.71. The lowest BCUT2D eigenvalue weighted by Crippen LogP contribution is -2.69. The zero-order chi connectivity index (χ0) is 14.1. The van der Waals surface area contributed by atoms with Gasteiger partial charge in [0.15, 0.2) is 5.60 Å².